The van der Waals surface area contributed by atoms with E-state index in [4.69, 9.17) is 4.42 Å². The molecule has 3 rings (SSSR count). The van der Waals surface area contributed by atoms with Crippen molar-refractivity contribution >= 4 is 9.84 Å². The highest BCUT2D eigenvalue weighted by molar-refractivity contribution is 7.91. The van der Waals surface area contributed by atoms with E-state index in [1.165, 1.54) is 18.4 Å². The summed E-state index contributed by atoms with van der Waals surface area (Å²) in [6.45, 7) is 0.499. The molecule has 1 aliphatic rings. The molecule has 0 radical (unpaired) electrons. The topological polar surface area (TPSA) is 63.4 Å². The van der Waals surface area contributed by atoms with Crippen LogP contribution in [0.4, 0.5) is 4.39 Å². The quantitative estimate of drug-likeness (QED) is 0.862. The van der Waals surface area contributed by atoms with Crippen LogP contribution in [-0.2, 0) is 16.4 Å². The van der Waals surface area contributed by atoms with E-state index in [1.807, 2.05) is 11.9 Å². The molecule has 1 fully saturated rings. The second-order valence-corrected chi connectivity index (χ2v) is 7.86. The normalized spacial score (nSPS) is 20.6. The van der Waals surface area contributed by atoms with Gasteiger partial charge in [-0.3, -0.25) is 4.90 Å². The number of benzene rings is 1. The van der Waals surface area contributed by atoms with Gasteiger partial charge in [0.2, 0.25) is 5.89 Å². The van der Waals surface area contributed by atoms with E-state index in [2.05, 4.69) is 4.98 Å². The van der Waals surface area contributed by atoms with Crippen molar-refractivity contribution in [1.29, 1.82) is 0 Å². The summed E-state index contributed by atoms with van der Waals surface area (Å²) in [6, 6.07) is 6.07. The molecule has 2 aromatic rings. The van der Waals surface area contributed by atoms with E-state index in [0.29, 0.717) is 30.1 Å². The lowest BCUT2D eigenvalue weighted by Gasteiger charge is -2.21. The van der Waals surface area contributed by atoms with Gasteiger partial charge in [0.05, 0.1) is 17.2 Å². The maximum atomic E-state index is 13.2. The first-order chi connectivity index (χ1) is 10.4. The van der Waals surface area contributed by atoms with Gasteiger partial charge >= 0.3 is 0 Å². The predicted octanol–water partition coefficient (Wildman–Crippen LogP) is 2.10. The van der Waals surface area contributed by atoms with E-state index in [-0.39, 0.29) is 23.4 Å². The molecule has 1 aliphatic heterocycles. The molecule has 0 spiro atoms. The lowest BCUT2D eigenvalue weighted by Crippen LogP contribution is -2.32. The number of sulfone groups is 1. The van der Waals surface area contributed by atoms with E-state index in [0.717, 1.165) is 0 Å². The monoisotopic (exact) mass is 324 g/mol. The summed E-state index contributed by atoms with van der Waals surface area (Å²) in [5, 5.41) is 0. The molecule has 0 unspecified atom stereocenters. The predicted molar refractivity (Wildman–Crippen MR) is 80.4 cm³/mol. The minimum Gasteiger partial charge on any atom is -0.444 e. The van der Waals surface area contributed by atoms with E-state index >= 15 is 0 Å². The number of hydrogen-bond donors (Lipinski definition) is 0. The average molecular weight is 324 g/mol. The van der Waals surface area contributed by atoms with Crippen molar-refractivity contribution in [3.63, 3.8) is 0 Å². The highest BCUT2D eigenvalue weighted by Gasteiger charge is 2.30. The first-order valence-corrected chi connectivity index (χ1v) is 8.86. The molecule has 22 heavy (non-hydrogen) atoms. The van der Waals surface area contributed by atoms with Crippen molar-refractivity contribution in [2.24, 2.45) is 0 Å². The van der Waals surface area contributed by atoms with Gasteiger partial charge in [0.15, 0.2) is 9.84 Å². The van der Waals surface area contributed by atoms with Crippen molar-refractivity contribution in [3.05, 3.63) is 42.0 Å². The molecule has 1 aromatic heterocycles. The molecule has 0 aliphatic carbocycles. The molecule has 2 heterocycles. The van der Waals surface area contributed by atoms with Gasteiger partial charge in [-0.05, 0) is 31.7 Å². The Kier molecular flexibility index (Phi) is 4.01. The Morgan fingerprint density at radius 2 is 2.27 bits per heavy atom. The van der Waals surface area contributed by atoms with Gasteiger partial charge < -0.3 is 4.42 Å². The summed E-state index contributed by atoms with van der Waals surface area (Å²) in [4.78, 5) is 6.31. The molecule has 1 saturated heterocycles. The zero-order valence-corrected chi connectivity index (χ0v) is 13.0. The summed E-state index contributed by atoms with van der Waals surface area (Å²) in [6.07, 6.45) is 2.17. The van der Waals surface area contributed by atoms with Crippen molar-refractivity contribution in [3.8, 4) is 11.5 Å². The highest BCUT2D eigenvalue weighted by Crippen LogP contribution is 2.22. The fraction of sp³-hybridized carbons (Fsp3) is 0.400. The first kappa shape index (κ1) is 15.2. The van der Waals surface area contributed by atoms with Gasteiger partial charge in [0.25, 0.3) is 0 Å². The van der Waals surface area contributed by atoms with Gasteiger partial charge in [0.1, 0.15) is 12.1 Å². The van der Waals surface area contributed by atoms with Crippen LogP contribution in [0.3, 0.4) is 0 Å². The standard InChI is InChI=1S/C15H17FN2O3S/c1-18(14-5-6-22(19,20)10-14)8-13-9-21-15(17-13)11-3-2-4-12(16)7-11/h2-4,7,9,14H,5-6,8,10H2,1H3/t14-/m1/s1. The summed E-state index contributed by atoms with van der Waals surface area (Å²) in [5.74, 6) is 0.459. The molecule has 1 atom stereocenters. The van der Waals surface area contributed by atoms with Gasteiger partial charge in [-0.1, -0.05) is 6.07 Å². The summed E-state index contributed by atoms with van der Waals surface area (Å²) >= 11 is 0. The number of nitrogens with zero attached hydrogens (tertiary/aromatic N) is 2. The maximum absolute atomic E-state index is 13.2. The van der Waals surface area contributed by atoms with Crippen molar-refractivity contribution < 1.29 is 17.2 Å². The molecule has 0 N–H and O–H groups in total. The molecule has 0 amide bonds. The van der Waals surface area contributed by atoms with Gasteiger partial charge in [-0.25, -0.2) is 17.8 Å². The third-order valence-corrected chi connectivity index (χ3v) is 5.62. The minimum absolute atomic E-state index is 0.0133. The van der Waals surface area contributed by atoms with Crippen LogP contribution in [0.15, 0.2) is 34.9 Å². The molecule has 0 saturated carbocycles. The van der Waals surface area contributed by atoms with Crippen LogP contribution in [-0.4, -0.2) is 42.9 Å². The second-order valence-electron chi connectivity index (χ2n) is 5.63. The smallest absolute Gasteiger partial charge is 0.226 e. The highest BCUT2D eigenvalue weighted by atomic mass is 32.2. The number of halogens is 1. The molecule has 0 bridgehead atoms. The Bertz CT molecular complexity index is 773. The number of rotatable bonds is 4. The molecule has 5 nitrogen and oxygen atoms in total. The Morgan fingerprint density at radius 1 is 1.45 bits per heavy atom. The van der Waals surface area contributed by atoms with Crippen molar-refractivity contribution in [2.45, 2.75) is 19.0 Å². The number of hydrogen-bond acceptors (Lipinski definition) is 5. The zero-order chi connectivity index (χ0) is 15.7. The van der Waals surface area contributed by atoms with Crippen LogP contribution in [0.25, 0.3) is 11.5 Å². The number of oxazole rings is 1. The van der Waals surface area contributed by atoms with Gasteiger partial charge in [-0.15, -0.1) is 0 Å². The van der Waals surface area contributed by atoms with E-state index in [9.17, 15) is 12.8 Å². The Balaban J connectivity index is 1.69. The Hall–Kier alpha value is -1.73. The summed E-state index contributed by atoms with van der Waals surface area (Å²) < 4.78 is 41.6. The lowest BCUT2D eigenvalue weighted by atomic mass is 10.2. The van der Waals surface area contributed by atoms with Crippen LogP contribution in [0.5, 0.6) is 0 Å². The summed E-state index contributed by atoms with van der Waals surface area (Å²) in [7, 11) is -1.03. The van der Waals surface area contributed by atoms with Crippen LogP contribution in [0, 0.1) is 5.82 Å². The van der Waals surface area contributed by atoms with Crippen LogP contribution < -0.4 is 0 Å². The molecular weight excluding hydrogens is 307 g/mol. The van der Waals surface area contributed by atoms with Gasteiger partial charge in [0, 0.05) is 18.2 Å². The maximum Gasteiger partial charge on any atom is 0.226 e. The van der Waals surface area contributed by atoms with Crippen molar-refractivity contribution in [1.82, 2.24) is 9.88 Å². The average Bonchev–Trinajstić information content (AvgIpc) is 3.05. The van der Waals surface area contributed by atoms with Crippen molar-refractivity contribution in [2.75, 3.05) is 18.6 Å². The zero-order valence-electron chi connectivity index (χ0n) is 12.2. The number of aromatic nitrogens is 1. The Labute approximate surface area is 128 Å². The minimum atomic E-state index is -2.90. The molecule has 7 heteroatoms. The molecule has 1 aromatic carbocycles. The van der Waals surface area contributed by atoms with E-state index in [1.54, 1.807) is 12.1 Å². The van der Waals surface area contributed by atoms with Crippen LogP contribution in [0.1, 0.15) is 12.1 Å². The lowest BCUT2D eigenvalue weighted by molar-refractivity contribution is 0.251. The SMILES string of the molecule is CN(Cc1coc(-c2cccc(F)c2)n1)[C@@H]1CCS(=O)(=O)C1. The molecule has 118 valence electrons. The fourth-order valence-electron chi connectivity index (χ4n) is 2.64. The summed E-state index contributed by atoms with van der Waals surface area (Å²) in [5.41, 5.74) is 1.28. The second kappa shape index (κ2) is 5.81. The largest absolute Gasteiger partial charge is 0.444 e. The van der Waals surface area contributed by atoms with Gasteiger partial charge in [-0.2, -0.15) is 0 Å². The third kappa shape index (κ3) is 3.36. The fourth-order valence-corrected chi connectivity index (χ4v) is 4.45. The first-order valence-electron chi connectivity index (χ1n) is 7.04. The molecular formula is C15H17FN2O3S. The Morgan fingerprint density at radius 3 is 2.95 bits per heavy atom. The van der Waals surface area contributed by atoms with Crippen LogP contribution in [0.2, 0.25) is 0 Å². The van der Waals surface area contributed by atoms with E-state index < -0.39 is 9.84 Å². The third-order valence-electron chi connectivity index (χ3n) is 3.87. The van der Waals surface area contributed by atoms with Crippen LogP contribution >= 0.6 is 0 Å².